The number of benzene rings is 1. The fraction of sp³-hybridized carbons (Fsp3) is 0.562. The van der Waals surface area contributed by atoms with Crippen molar-refractivity contribution >= 4 is 0 Å². The highest BCUT2D eigenvalue weighted by Crippen LogP contribution is 2.27. The SMILES string of the molecule is CCN(C1CCCNC1)C(CC#N)c1ccccc1. The molecule has 0 saturated carbocycles. The van der Waals surface area contributed by atoms with Crippen molar-refractivity contribution in [2.75, 3.05) is 19.6 Å². The second-order valence-corrected chi connectivity index (χ2v) is 5.12. The Hall–Kier alpha value is -1.37. The quantitative estimate of drug-likeness (QED) is 0.881. The van der Waals surface area contributed by atoms with Crippen LogP contribution in [-0.4, -0.2) is 30.6 Å². The molecule has 0 amide bonds. The summed E-state index contributed by atoms with van der Waals surface area (Å²) in [5, 5.41) is 12.6. The van der Waals surface area contributed by atoms with Crippen LogP contribution in [0.25, 0.3) is 0 Å². The van der Waals surface area contributed by atoms with Crippen molar-refractivity contribution in [3.8, 4) is 6.07 Å². The summed E-state index contributed by atoms with van der Waals surface area (Å²) < 4.78 is 0. The highest BCUT2D eigenvalue weighted by molar-refractivity contribution is 5.20. The molecule has 3 heteroatoms. The fourth-order valence-electron chi connectivity index (χ4n) is 3.04. The van der Waals surface area contributed by atoms with Gasteiger partial charge < -0.3 is 5.32 Å². The van der Waals surface area contributed by atoms with Gasteiger partial charge in [-0.3, -0.25) is 4.90 Å². The molecular weight excluding hydrogens is 234 g/mol. The maximum Gasteiger partial charge on any atom is 0.0641 e. The number of hydrogen-bond acceptors (Lipinski definition) is 3. The van der Waals surface area contributed by atoms with Crippen molar-refractivity contribution in [3.63, 3.8) is 0 Å². The van der Waals surface area contributed by atoms with Gasteiger partial charge in [-0.1, -0.05) is 37.3 Å². The summed E-state index contributed by atoms with van der Waals surface area (Å²) in [5.41, 5.74) is 1.26. The molecule has 0 aliphatic carbocycles. The molecule has 19 heavy (non-hydrogen) atoms. The third kappa shape index (κ3) is 3.56. The smallest absolute Gasteiger partial charge is 0.0641 e. The first-order valence-corrected chi connectivity index (χ1v) is 7.25. The van der Waals surface area contributed by atoms with Crippen molar-refractivity contribution in [3.05, 3.63) is 35.9 Å². The first kappa shape index (κ1) is 14.0. The van der Waals surface area contributed by atoms with Crippen LogP contribution in [0.15, 0.2) is 30.3 Å². The molecule has 3 nitrogen and oxygen atoms in total. The van der Waals surface area contributed by atoms with Gasteiger partial charge in [-0.2, -0.15) is 5.26 Å². The van der Waals surface area contributed by atoms with E-state index >= 15 is 0 Å². The Kier molecular flexibility index (Phi) is 5.38. The minimum absolute atomic E-state index is 0.223. The molecular formula is C16H23N3. The topological polar surface area (TPSA) is 39.1 Å². The molecule has 0 spiro atoms. The van der Waals surface area contributed by atoms with Gasteiger partial charge in [0.2, 0.25) is 0 Å². The zero-order valence-corrected chi connectivity index (χ0v) is 11.7. The number of nitrogens with zero attached hydrogens (tertiary/aromatic N) is 2. The zero-order valence-electron chi connectivity index (χ0n) is 11.7. The molecule has 0 radical (unpaired) electrons. The van der Waals surface area contributed by atoms with E-state index in [0.717, 1.165) is 19.6 Å². The van der Waals surface area contributed by atoms with Crippen molar-refractivity contribution < 1.29 is 0 Å². The van der Waals surface area contributed by atoms with Crippen molar-refractivity contribution in [1.29, 1.82) is 5.26 Å². The number of rotatable bonds is 5. The van der Waals surface area contributed by atoms with Crippen LogP contribution in [0.1, 0.15) is 37.8 Å². The molecule has 1 aromatic carbocycles. The van der Waals surface area contributed by atoms with Gasteiger partial charge in [0.25, 0.3) is 0 Å². The second-order valence-electron chi connectivity index (χ2n) is 5.12. The average molecular weight is 257 g/mol. The van der Waals surface area contributed by atoms with Crippen molar-refractivity contribution in [2.24, 2.45) is 0 Å². The van der Waals surface area contributed by atoms with Gasteiger partial charge in [-0.25, -0.2) is 0 Å². The molecule has 1 aliphatic rings. The van der Waals surface area contributed by atoms with Gasteiger partial charge in [-0.15, -0.1) is 0 Å². The van der Waals surface area contributed by atoms with Crippen LogP contribution in [0.5, 0.6) is 0 Å². The Morgan fingerprint density at radius 2 is 2.21 bits per heavy atom. The van der Waals surface area contributed by atoms with Gasteiger partial charge in [-0.05, 0) is 31.5 Å². The summed E-state index contributed by atoms with van der Waals surface area (Å²) in [7, 11) is 0. The maximum absolute atomic E-state index is 9.15. The second kappa shape index (κ2) is 7.28. The van der Waals surface area contributed by atoms with Crippen LogP contribution in [-0.2, 0) is 0 Å². The highest BCUT2D eigenvalue weighted by atomic mass is 15.2. The number of piperidine rings is 1. The van der Waals surface area contributed by atoms with Gasteiger partial charge in [0.1, 0.15) is 0 Å². The Labute approximate surface area is 116 Å². The molecule has 1 fully saturated rings. The monoisotopic (exact) mass is 257 g/mol. The lowest BCUT2D eigenvalue weighted by Crippen LogP contribution is -2.47. The van der Waals surface area contributed by atoms with E-state index in [1.165, 1.54) is 18.4 Å². The first-order valence-electron chi connectivity index (χ1n) is 7.25. The van der Waals surface area contributed by atoms with Gasteiger partial charge in [0.15, 0.2) is 0 Å². The summed E-state index contributed by atoms with van der Waals surface area (Å²) in [4.78, 5) is 2.49. The maximum atomic E-state index is 9.15. The molecule has 2 atom stereocenters. The molecule has 2 unspecified atom stereocenters. The van der Waals surface area contributed by atoms with Crippen LogP contribution in [0.4, 0.5) is 0 Å². The van der Waals surface area contributed by atoms with E-state index < -0.39 is 0 Å². The Bertz CT molecular complexity index is 404. The first-order chi connectivity index (χ1) is 9.36. The molecule has 0 aromatic heterocycles. The number of nitrogens with one attached hydrogen (secondary N) is 1. The van der Waals surface area contributed by atoms with E-state index in [-0.39, 0.29) is 6.04 Å². The Morgan fingerprint density at radius 1 is 1.42 bits per heavy atom. The van der Waals surface area contributed by atoms with Gasteiger partial charge >= 0.3 is 0 Å². The van der Waals surface area contributed by atoms with E-state index in [1.807, 2.05) is 6.07 Å². The standard InChI is InChI=1S/C16H23N3/c1-2-19(15-9-6-12-18-13-15)16(10-11-17)14-7-4-3-5-8-14/h3-5,7-8,15-16,18H,2,6,9-10,12-13H2,1H3. The van der Waals surface area contributed by atoms with Crippen molar-refractivity contribution in [1.82, 2.24) is 10.2 Å². The molecule has 1 saturated heterocycles. The Balaban J connectivity index is 2.18. The average Bonchev–Trinajstić information content (AvgIpc) is 2.49. The molecule has 1 heterocycles. The summed E-state index contributed by atoms with van der Waals surface area (Å²) in [5.74, 6) is 0. The van der Waals surface area contributed by atoms with Gasteiger partial charge in [0, 0.05) is 18.6 Å². The summed E-state index contributed by atoms with van der Waals surface area (Å²) in [6, 6.07) is 13.6. The van der Waals surface area contributed by atoms with Crippen LogP contribution in [0.3, 0.4) is 0 Å². The lowest BCUT2D eigenvalue weighted by molar-refractivity contribution is 0.120. The lowest BCUT2D eigenvalue weighted by Gasteiger charge is -2.39. The zero-order chi connectivity index (χ0) is 13.5. The molecule has 1 N–H and O–H groups in total. The fourth-order valence-corrected chi connectivity index (χ4v) is 3.04. The van der Waals surface area contributed by atoms with Crippen molar-refractivity contribution in [2.45, 2.75) is 38.3 Å². The van der Waals surface area contributed by atoms with E-state index in [2.05, 4.69) is 47.5 Å². The largest absolute Gasteiger partial charge is 0.315 e. The number of nitriles is 1. The summed E-state index contributed by atoms with van der Waals surface area (Å²) >= 11 is 0. The minimum Gasteiger partial charge on any atom is -0.315 e. The van der Waals surface area contributed by atoms with Gasteiger partial charge in [0.05, 0.1) is 12.5 Å². The van der Waals surface area contributed by atoms with Crippen LogP contribution >= 0.6 is 0 Å². The predicted molar refractivity (Wildman–Crippen MR) is 77.7 cm³/mol. The number of likely N-dealkylation sites (N-methyl/N-ethyl adjacent to an activating group) is 1. The summed E-state index contributed by atoms with van der Waals surface area (Å²) in [6.45, 7) is 5.36. The normalized spacial score (nSPS) is 21.0. The van der Waals surface area contributed by atoms with E-state index in [9.17, 15) is 0 Å². The number of hydrogen-bond donors (Lipinski definition) is 1. The lowest BCUT2D eigenvalue weighted by atomic mass is 9.97. The van der Waals surface area contributed by atoms with Crippen LogP contribution in [0, 0.1) is 11.3 Å². The Morgan fingerprint density at radius 3 is 2.79 bits per heavy atom. The highest BCUT2D eigenvalue weighted by Gasteiger charge is 2.27. The van der Waals surface area contributed by atoms with E-state index in [4.69, 9.17) is 5.26 Å². The molecule has 102 valence electrons. The van der Waals surface area contributed by atoms with Crippen LogP contribution in [0.2, 0.25) is 0 Å². The third-order valence-electron chi connectivity index (χ3n) is 3.97. The molecule has 1 aromatic rings. The predicted octanol–water partition coefficient (Wildman–Crippen LogP) is 2.72. The van der Waals surface area contributed by atoms with Crippen LogP contribution < -0.4 is 5.32 Å². The van der Waals surface area contributed by atoms with E-state index in [0.29, 0.717) is 12.5 Å². The molecule has 0 bridgehead atoms. The molecule has 1 aliphatic heterocycles. The van der Waals surface area contributed by atoms with E-state index in [1.54, 1.807) is 0 Å². The third-order valence-corrected chi connectivity index (χ3v) is 3.97. The minimum atomic E-state index is 0.223. The summed E-state index contributed by atoms with van der Waals surface area (Å²) in [6.07, 6.45) is 3.03. The molecule has 2 rings (SSSR count).